The van der Waals surface area contributed by atoms with Gasteiger partial charge < -0.3 is 23.9 Å². The van der Waals surface area contributed by atoms with E-state index in [1.165, 1.54) is 12.3 Å². The second-order valence-electron chi connectivity index (χ2n) is 8.25. The summed E-state index contributed by atoms with van der Waals surface area (Å²) in [6, 6.07) is 13.4. The quantitative estimate of drug-likeness (QED) is 0.683. The molecule has 1 fully saturated rings. The van der Waals surface area contributed by atoms with Crippen molar-refractivity contribution in [3.8, 4) is 5.75 Å². The van der Waals surface area contributed by atoms with Crippen LogP contribution in [0.1, 0.15) is 38.9 Å². The van der Waals surface area contributed by atoms with Crippen LogP contribution in [0, 0.1) is 5.92 Å². The maximum absolute atomic E-state index is 13.2. The molecule has 2 aliphatic rings. The van der Waals surface area contributed by atoms with Crippen molar-refractivity contribution in [3.63, 3.8) is 0 Å². The average Bonchev–Trinajstić information content (AvgIpc) is 3.35. The monoisotopic (exact) mass is 433 g/mol. The molecule has 1 N–H and O–H groups in total. The second kappa shape index (κ2) is 8.03. The van der Waals surface area contributed by atoms with Crippen molar-refractivity contribution in [1.29, 1.82) is 0 Å². The third kappa shape index (κ3) is 3.57. The Balaban J connectivity index is 1.43. The lowest BCUT2D eigenvalue weighted by Crippen LogP contribution is -2.49. The molecule has 2 aromatic heterocycles. The number of aromatic nitrogens is 1. The van der Waals surface area contributed by atoms with Crippen molar-refractivity contribution in [1.82, 2.24) is 9.47 Å². The summed E-state index contributed by atoms with van der Waals surface area (Å²) in [6.07, 6.45) is 2.30. The Morgan fingerprint density at radius 3 is 2.59 bits per heavy atom. The highest BCUT2D eigenvalue weighted by atomic mass is 16.5. The van der Waals surface area contributed by atoms with Crippen molar-refractivity contribution in [2.24, 2.45) is 5.92 Å². The highest BCUT2D eigenvalue weighted by Crippen LogP contribution is 2.39. The molecule has 2 aliphatic heterocycles. The lowest BCUT2D eigenvalue weighted by Gasteiger charge is -2.43. The van der Waals surface area contributed by atoms with Gasteiger partial charge in [0.15, 0.2) is 5.76 Å². The number of hydrogen-bond acceptors (Lipinski definition) is 5. The number of pyridine rings is 1. The number of rotatable bonds is 4. The van der Waals surface area contributed by atoms with E-state index >= 15 is 0 Å². The number of methoxy groups -OCH3 is 1. The van der Waals surface area contributed by atoms with Crippen molar-refractivity contribution >= 4 is 17.5 Å². The van der Waals surface area contributed by atoms with E-state index in [0.717, 1.165) is 12.1 Å². The highest BCUT2D eigenvalue weighted by molar-refractivity contribution is 6.02. The van der Waals surface area contributed by atoms with E-state index in [2.05, 4.69) is 5.32 Å². The van der Waals surface area contributed by atoms with E-state index in [1.54, 1.807) is 54.1 Å². The van der Waals surface area contributed by atoms with E-state index in [0.29, 0.717) is 36.6 Å². The zero-order valence-corrected chi connectivity index (χ0v) is 17.6. The number of nitrogens with one attached hydrogen (secondary N) is 1. The van der Waals surface area contributed by atoms with Crippen LogP contribution in [0.2, 0.25) is 0 Å². The number of hydrogen-bond donors (Lipinski definition) is 1. The van der Waals surface area contributed by atoms with E-state index < -0.39 is 0 Å². The first-order valence-corrected chi connectivity index (χ1v) is 10.6. The maximum Gasteiger partial charge on any atom is 0.291 e. The molecular weight excluding hydrogens is 410 g/mol. The smallest absolute Gasteiger partial charge is 0.291 e. The molecule has 32 heavy (non-hydrogen) atoms. The van der Waals surface area contributed by atoms with Crippen LogP contribution in [-0.4, -0.2) is 41.5 Å². The van der Waals surface area contributed by atoms with Crippen LogP contribution in [0.4, 0.5) is 5.69 Å². The molecule has 4 heterocycles. The van der Waals surface area contributed by atoms with Gasteiger partial charge in [-0.2, -0.15) is 0 Å². The van der Waals surface area contributed by atoms with Crippen molar-refractivity contribution in [2.75, 3.05) is 25.5 Å². The topological polar surface area (TPSA) is 93.8 Å². The molecule has 2 atom stereocenters. The largest absolute Gasteiger partial charge is 0.497 e. The summed E-state index contributed by atoms with van der Waals surface area (Å²) in [5, 5.41) is 2.88. The average molecular weight is 433 g/mol. The number of carbonyl (C=O) groups is 2. The van der Waals surface area contributed by atoms with Crippen LogP contribution in [0.3, 0.4) is 0 Å². The Hall–Kier alpha value is -3.81. The number of nitrogens with zero attached hydrogens (tertiary/aromatic N) is 2. The minimum absolute atomic E-state index is 0.0461. The summed E-state index contributed by atoms with van der Waals surface area (Å²) in [6.45, 7) is 1.59. The van der Waals surface area contributed by atoms with Crippen molar-refractivity contribution in [3.05, 3.63) is 82.2 Å². The predicted octanol–water partition coefficient (Wildman–Crippen LogP) is 2.96. The fourth-order valence-electron chi connectivity index (χ4n) is 4.79. The predicted molar refractivity (Wildman–Crippen MR) is 117 cm³/mol. The Kier molecular flexibility index (Phi) is 5.05. The van der Waals surface area contributed by atoms with Gasteiger partial charge in [-0.05, 0) is 54.8 Å². The summed E-state index contributed by atoms with van der Waals surface area (Å²) in [7, 11) is 1.59. The highest BCUT2D eigenvalue weighted by Gasteiger charge is 2.38. The molecule has 5 rings (SSSR count). The van der Waals surface area contributed by atoms with Crippen LogP contribution in [0.15, 0.2) is 64.0 Å². The molecular formula is C24H23N3O5. The summed E-state index contributed by atoms with van der Waals surface area (Å²) in [5.41, 5.74) is 1.84. The van der Waals surface area contributed by atoms with Crippen LogP contribution >= 0.6 is 0 Å². The van der Waals surface area contributed by atoms with E-state index in [1.807, 2.05) is 4.90 Å². The Morgan fingerprint density at radius 1 is 1.06 bits per heavy atom. The van der Waals surface area contributed by atoms with E-state index in [9.17, 15) is 14.4 Å². The van der Waals surface area contributed by atoms with Gasteiger partial charge in [-0.3, -0.25) is 14.4 Å². The number of carbonyl (C=O) groups excluding carboxylic acids is 2. The molecule has 0 saturated carbocycles. The fourth-order valence-corrected chi connectivity index (χ4v) is 4.79. The Labute approximate surface area is 184 Å². The lowest BCUT2D eigenvalue weighted by molar-refractivity contribution is 0.0595. The van der Waals surface area contributed by atoms with Gasteiger partial charge >= 0.3 is 0 Å². The van der Waals surface area contributed by atoms with Gasteiger partial charge in [0.25, 0.3) is 17.4 Å². The first-order valence-electron chi connectivity index (χ1n) is 10.6. The molecule has 1 aromatic carbocycles. The summed E-state index contributed by atoms with van der Waals surface area (Å²) >= 11 is 0. The lowest BCUT2D eigenvalue weighted by atomic mass is 9.82. The van der Waals surface area contributed by atoms with Gasteiger partial charge in [0, 0.05) is 42.9 Å². The number of benzene rings is 1. The number of fused-ring (bicyclic) bond motifs is 4. The molecule has 0 radical (unpaired) electrons. The molecule has 164 valence electrons. The molecule has 2 unspecified atom stereocenters. The van der Waals surface area contributed by atoms with E-state index in [-0.39, 0.29) is 35.0 Å². The summed E-state index contributed by atoms with van der Waals surface area (Å²) in [5.74, 6) is 0.601. The molecule has 1 saturated heterocycles. The number of furan rings is 1. The van der Waals surface area contributed by atoms with Crippen LogP contribution in [-0.2, 0) is 6.54 Å². The van der Waals surface area contributed by atoms with Crippen LogP contribution < -0.4 is 15.6 Å². The minimum atomic E-state index is -0.374. The Morgan fingerprint density at radius 2 is 1.88 bits per heavy atom. The SMILES string of the molecule is COc1ccc(C(=O)N2CC3CC(C2)c2c(NC(=O)c4ccco4)ccc(=O)n2C3)cc1. The zero-order chi connectivity index (χ0) is 22.2. The van der Waals surface area contributed by atoms with Crippen LogP contribution in [0.5, 0.6) is 5.75 Å². The number of likely N-dealkylation sites (tertiary alicyclic amines) is 1. The number of piperidine rings is 1. The standard InChI is InChI=1S/C24H23N3O5/c1-31-18-6-4-16(5-7-18)24(30)26-12-15-11-17(14-26)22-19(8-9-21(28)27(22)13-15)25-23(29)20-3-2-10-32-20/h2-10,15,17H,11-14H2,1H3,(H,25,29). The zero-order valence-electron chi connectivity index (χ0n) is 17.6. The van der Waals surface area contributed by atoms with Gasteiger partial charge in [0.05, 0.1) is 19.1 Å². The third-order valence-corrected chi connectivity index (χ3v) is 6.21. The maximum atomic E-state index is 13.2. The first kappa shape index (κ1) is 20.1. The molecule has 8 nitrogen and oxygen atoms in total. The molecule has 3 aromatic rings. The van der Waals surface area contributed by atoms with Gasteiger partial charge in [-0.25, -0.2) is 0 Å². The number of anilines is 1. The second-order valence-corrected chi connectivity index (χ2v) is 8.25. The molecule has 0 aliphatic carbocycles. The first-order chi connectivity index (χ1) is 15.5. The fraction of sp³-hybridized carbons (Fsp3) is 0.292. The number of ether oxygens (including phenoxy) is 1. The summed E-state index contributed by atoms with van der Waals surface area (Å²) in [4.78, 5) is 40.2. The number of amides is 2. The van der Waals surface area contributed by atoms with Gasteiger partial charge in [-0.1, -0.05) is 0 Å². The molecule has 0 spiro atoms. The van der Waals surface area contributed by atoms with Crippen molar-refractivity contribution in [2.45, 2.75) is 18.9 Å². The summed E-state index contributed by atoms with van der Waals surface area (Å²) < 4.78 is 12.1. The molecule has 2 amide bonds. The Bertz CT molecular complexity index is 1210. The molecule has 2 bridgehead atoms. The van der Waals surface area contributed by atoms with Gasteiger partial charge in [0.1, 0.15) is 5.75 Å². The van der Waals surface area contributed by atoms with Gasteiger partial charge in [-0.15, -0.1) is 0 Å². The minimum Gasteiger partial charge on any atom is -0.497 e. The van der Waals surface area contributed by atoms with Crippen molar-refractivity contribution < 1.29 is 18.7 Å². The normalized spacial score (nSPS) is 19.2. The van der Waals surface area contributed by atoms with Gasteiger partial charge in [0.2, 0.25) is 0 Å². The van der Waals surface area contributed by atoms with Crippen LogP contribution in [0.25, 0.3) is 0 Å². The van der Waals surface area contributed by atoms with E-state index in [4.69, 9.17) is 9.15 Å². The third-order valence-electron chi connectivity index (χ3n) is 6.21. The molecule has 8 heteroatoms.